The first kappa shape index (κ1) is 10.6. The van der Waals surface area contributed by atoms with Gasteiger partial charge in [-0.1, -0.05) is 6.08 Å². The van der Waals surface area contributed by atoms with Gasteiger partial charge in [-0.05, 0) is 0 Å². The van der Waals surface area contributed by atoms with Crippen LogP contribution >= 0.6 is 0 Å². The molecule has 0 aromatic carbocycles. The summed E-state index contributed by atoms with van der Waals surface area (Å²) in [4.78, 5) is 2.20. The minimum atomic E-state index is 0.692. The lowest BCUT2D eigenvalue weighted by Crippen LogP contribution is -2.32. The Morgan fingerprint density at radius 2 is 2.27 bits per heavy atom. The molecule has 0 aromatic heterocycles. The van der Waals surface area contributed by atoms with E-state index in [0.717, 1.165) is 26.2 Å². The Balaban J connectivity index is 3.41. The molecule has 0 bridgehead atoms. The van der Waals surface area contributed by atoms with E-state index in [2.05, 4.69) is 11.5 Å². The summed E-state index contributed by atoms with van der Waals surface area (Å²) in [6.07, 6.45) is 1.88. The van der Waals surface area contributed by atoms with Crippen LogP contribution in [0, 0.1) is 0 Å². The standard InChI is InChI=1S/C8H18N2O/c1-3-5-10(6-4-9)7-8-11-2/h3H,1,4-9H2,2H3. The third-order valence-electron chi connectivity index (χ3n) is 1.44. The van der Waals surface area contributed by atoms with Crippen molar-refractivity contribution >= 4 is 0 Å². The first-order valence-electron chi connectivity index (χ1n) is 3.87. The first-order valence-corrected chi connectivity index (χ1v) is 3.87. The van der Waals surface area contributed by atoms with Crippen molar-refractivity contribution < 1.29 is 4.74 Å². The Morgan fingerprint density at radius 1 is 1.55 bits per heavy atom. The Labute approximate surface area is 68.8 Å². The van der Waals surface area contributed by atoms with Crippen molar-refractivity contribution in [3.8, 4) is 0 Å². The first-order chi connectivity index (χ1) is 5.35. The number of nitrogens with two attached hydrogens (primary N) is 1. The second kappa shape index (κ2) is 7.72. The fourth-order valence-corrected chi connectivity index (χ4v) is 0.880. The second-order valence-electron chi connectivity index (χ2n) is 2.37. The summed E-state index contributed by atoms with van der Waals surface area (Å²) < 4.78 is 4.95. The Kier molecular flexibility index (Phi) is 7.46. The molecule has 0 saturated heterocycles. The predicted molar refractivity (Wildman–Crippen MR) is 47.6 cm³/mol. The summed E-state index contributed by atoms with van der Waals surface area (Å²) in [6.45, 7) is 7.85. The second-order valence-corrected chi connectivity index (χ2v) is 2.37. The molecule has 3 nitrogen and oxygen atoms in total. The van der Waals surface area contributed by atoms with Crippen LogP contribution in [0.2, 0.25) is 0 Å². The van der Waals surface area contributed by atoms with Gasteiger partial charge in [0.1, 0.15) is 0 Å². The molecule has 0 fully saturated rings. The molecule has 3 heteroatoms. The van der Waals surface area contributed by atoms with Gasteiger partial charge < -0.3 is 10.5 Å². The highest BCUT2D eigenvalue weighted by Gasteiger charge is 1.99. The summed E-state index contributed by atoms with van der Waals surface area (Å²) >= 11 is 0. The van der Waals surface area contributed by atoms with E-state index in [1.165, 1.54) is 0 Å². The number of hydrogen-bond acceptors (Lipinski definition) is 3. The van der Waals surface area contributed by atoms with Crippen molar-refractivity contribution in [3.05, 3.63) is 12.7 Å². The van der Waals surface area contributed by atoms with Gasteiger partial charge in [-0.15, -0.1) is 6.58 Å². The maximum atomic E-state index is 5.41. The molecule has 11 heavy (non-hydrogen) atoms. The SMILES string of the molecule is C=CCN(CCN)CCOC. The van der Waals surface area contributed by atoms with Gasteiger partial charge in [0.25, 0.3) is 0 Å². The minimum Gasteiger partial charge on any atom is -0.383 e. The maximum absolute atomic E-state index is 5.41. The van der Waals surface area contributed by atoms with Crippen LogP contribution in [-0.2, 0) is 4.74 Å². The normalized spacial score (nSPS) is 10.5. The van der Waals surface area contributed by atoms with E-state index in [9.17, 15) is 0 Å². The monoisotopic (exact) mass is 158 g/mol. The van der Waals surface area contributed by atoms with Crippen LogP contribution in [0.25, 0.3) is 0 Å². The highest BCUT2D eigenvalue weighted by atomic mass is 16.5. The average molecular weight is 158 g/mol. The maximum Gasteiger partial charge on any atom is 0.0589 e. The smallest absolute Gasteiger partial charge is 0.0589 e. The molecule has 0 unspecified atom stereocenters. The van der Waals surface area contributed by atoms with E-state index >= 15 is 0 Å². The molecular formula is C8H18N2O. The summed E-state index contributed by atoms with van der Waals surface area (Å²) in [7, 11) is 1.70. The van der Waals surface area contributed by atoms with Crippen molar-refractivity contribution in [3.63, 3.8) is 0 Å². The fraction of sp³-hybridized carbons (Fsp3) is 0.750. The Morgan fingerprint density at radius 3 is 2.73 bits per heavy atom. The molecule has 0 atom stereocenters. The highest BCUT2D eigenvalue weighted by molar-refractivity contribution is 4.73. The minimum absolute atomic E-state index is 0.692. The van der Waals surface area contributed by atoms with E-state index in [4.69, 9.17) is 10.5 Å². The van der Waals surface area contributed by atoms with E-state index in [-0.39, 0.29) is 0 Å². The van der Waals surface area contributed by atoms with Crippen LogP contribution in [0.15, 0.2) is 12.7 Å². The highest BCUT2D eigenvalue weighted by Crippen LogP contribution is 1.86. The van der Waals surface area contributed by atoms with Crippen molar-refractivity contribution in [2.45, 2.75) is 0 Å². The van der Waals surface area contributed by atoms with Gasteiger partial charge in [0.05, 0.1) is 6.61 Å². The number of rotatable bonds is 7. The lowest BCUT2D eigenvalue weighted by atomic mass is 10.4. The van der Waals surface area contributed by atoms with Gasteiger partial charge in [-0.3, -0.25) is 4.90 Å². The molecule has 0 aliphatic heterocycles. The van der Waals surface area contributed by atoms with Crippen LogP contribution in [0.1, 0.15) is 0 Å². The summed E-state index contributed by atoms with van der Waals surface area (Å²) in [5, 5.41) is 0. The van der Waals surface area contributed by atoms with Crippen LogP contribution in [0.3, 0.4) is 0 Å². The lowest BCUT2D eigenvalue weighted by molar-refractivity contribution is 0.156. The molecule has 0 rings (SSSR count). The molecule has 0 saturated carbocycles. The van der Waals surface area contributed by atoms with Gasteiger partial charge >= 0.3 is 0 Å². The van der Waals surface area contributed by atoms with E-state index in [1.54, 1.807) is 7.11 Å². The van der Waals surface area contributed by atoms with Crippen molar-refractivity contribution in [1.82, 2.24) is 4.90 Å². The number of hydrogen-bond donors (Lipinski definition) is 1. The molecule has 0 heterocycles. The Bertz CT molecular complexity index is 96.1. The summed E-state index contributed by atoms with van der Waals surface area (Å²) in [5.41, 5.74) is 5.41. The molecule has 0 spiro atoms. The topological polar surface area (TPSA) is 38.5 Å². The molecule has 0 amide bonds. The van der Waals surface area contributed by atoms with E-state index in [0.29, 0.717) is 6.54 Å². The molecule has 66 valence electrons. The molecule has 0 aromatic rings. The van der Waals surface area contributed by atoms with Crippen LogP contribution in [-0.4, -0.2) is 44.8 Å². The molecule has 0 aliphatic rings. The largest absolute Gasteiger partial charge is 0.383 e. The van der Waals surface area contributed by atoms with Crippen LogP contribution in [0.5, 0.6) is 0 Å². The Hall–Kier alpha value is -0.380. The predicted octanol–water partition coefficient (Wildman–Crippen LogP) is 0.0795. The third kappa shape index (κ3) is 6.04. The third-order valence-corrected chi connectivity index (χ3v) is 1.44. The molecule has 0 radical (unpaired) electrons. The van der Waals surface area contributed by atoms with E-state index < -0.39 is 0 Å². The van der Waals surface area contributed by atoms with Gasteiger partial charge in [0, 0.05) is 33.3 Å². The van der Waals surface area contributed by atoms with Gasteiger partial charge in [-0.2, -0.15) is 0 Å². The quantitative estimate of drug-likeness (QED) is 0.533. The van der Waals surface area contributed by atoms with Crippen molar-refractivity contribution in [2.24, 2.45) is 5.73 Å². The zero-order valence-electron chi connectivity index (χ0n) is 7.25. The fourth-order valence-electron chi connectivity index (χ4n) is 0.880. The number of methoxy groups -OCH3 is 1. The van der Waals surface area contributed by atoms with Gasteiger partial charge in [0.2, 0.25) is 0 Å². The zero-order chi connectivity index (χ0) is 8.53. The van der Waals surface area contributed by atoms with Crippen LogP contribution < -0.4 is 5.73 Å². The molecular weight excluding hydrogens is 140 g/mol. The number of nitrogens with zero attached hydrogens (tertiary/aromatic N) is 1. The van der Waals surface area contributed by atoms with Crippen LogP contribution in [0.4, 0.5) is 0 Å². The average Bonchev–Trinajstić information content (AvgIpc) is 2.01. The zero-order valence-corrected chi connectivity index (χ0v) is 7.25. The molecule has 2 N–H and O–H groups in total. The lowest BCUT2D eigenvalue weighted by Gasteiger charge is -2.18. The van der Waals surface area contributed by atoms with Crippen molar-refractivity contribution in [1.29, 1.82) is 0 Å². The summed E-state index contributed by atoms with van der Waals surface area (Å²) in [6, 6.07) is 0. The van der Waals surface area contributed by atoms with Gasteiger partial charge in [0.15, 0.2) is 0 Å². The molecule has 0 aliphatic carbocycles. The van der Waals surface area contributed by atoms with Crippen molar-refractivity contribution in [2.75, 3.05) is 39.9 Å². The number of ether oxygens (including phenoxy) is 1. The van der Waals surface area contributed by atoms with E-state index in [1.807, 2.05) is 6.08 Å². The van der Waals surface area contributed by atoms with Gasteiger partial charge in [-0.25, -0.2) is 0 Å². The summed E-state index contributed by atoms with van der Waals surface area (Å²) in [5.74, 6) is 0.